The molecule has 0 saturated carbocycles. The predicted octanol–water partition coefficient (Wildman–Crippen LogP) is 3.53. The van der Waals surface area contributed by atoms with E-state index in [2.05, 4.69) is 37.0 Å². The van der Waals surface area contributed by atoms with Gasteiger partial charge in [-0.1, -0.05) is 48.5 Å². The molecule has 0 aliphatic rings. The summed E-state index contributed by atoms with van der Waals surface area (Å²) in [4.78, 5) is 30.3. The van der Waals surface area contributed by atoms with Gasteiger partial charge in [0.15, 0.2) is 0 Å². The minimum absolute atomic E-state index is 0.168. The number of hydrogen-bond donors (Lipinski definition) is 1. The van der Waals surface area contributed by atoms with Gasteiger partial charge in [-0.3, -0.25) is 19.7 Å². The Balaban J connectivity index is 1.57. The van der Waals surface area contributed by atoms with Crippen molar-refractivity contribution in [2.24, 2.45) is 0 Å². The van der Waals surface area contributed by atoms with E-state index in [1.807, 2.05) is 49.5 Å². The summed E-state index contributed by atoms with van der Waals surface area (Å²) in [7, 11) is 2.04. The standard InChI is InChI=1S/C23H21N5O/c1-28(16-20-14-24-10-11-25-20)15-17-6-5-9-19(12-17)23-26-21(13-22(29)27-23)18-7-3-2-4-8-18/h2-14H,15-16H2,1H3,(H,26,27,29). The molecule has 6 heteroatoms. The molecule has 0 atom stereocenters. The van der Waals surface area contributed by atoms with Crippen molar-refractivity contribution in [1.29, 1.82) is 0 Å². The molecule has 144 valence electrons. The van der Waals surface area contributed by atoms with Crippen molar-refractivity contribution in [1.82, 2.24) is 24.8 Å². The zero-order valence-corrected chi connectivity index (χ0v) is 16.1. The molecule has 0 radical (unpaired) electrons. The fourth-order valence-electron chi connectivity index (χ4n) is 3.22. The number of benzene rings is 2. The van der Waals surface area contributed by atoms with E-state index >= 15 is 0 Å². The van der Waals surface area contributed by atoms with Gasteiger partial charge in [0.2, 0.25) is 0 Å². The van der Waals surface area contributed by atoms with E-state index in [4.69, 9.17) is 0 Å². The quantitative estimate of drug-likeness (QED) is 0.551. The van der Waals surface area contributed by atoms with Gasteiger partial charge in [0, 0.05) is 48.9 Å². The highest BCUT2D eigenvalue weighted by atomic mass is 16.1. The van der Waals surface area contributed by atoms with E-state index in [0.29, 0.717) is 18.1 Å². The number of aromatic nitrogens is 4. The van der Waals surface area contributed by atoms with E-state index in [0.717, 1.165) is 28.9 Å². The zero-order chi connectivity index (χ0) is 20.1. The summed E-state index contributed by atoms with van der Waals surface area (Å²) < 4.78 is 0. The van der Waals surface area contributed by atoms with Crippen LogP contribution in [-0.2, 0) is 13.1 Å². The van der Waals surface area contributed by atoms with Crippen molar-refractivity contribution in [3.05, 3.63) is 101 Å². The van der Waals surface area contributed by atoms with E-state index in [1.54, 1.807) is 18.6 Å². The lowest BCUT2D eigenvalue weighted by molar-refractivity contribution is 0.314. The third-order valence-electron chi connectivity index (χ3n) is 4.51. The maximum atomic E-state index is 12.2. The third-order valence-corrected chi connectivity index (χ3v) is 4.51. The average molecular weight is 383 g/mol. The molecule has 29 heavy (non-hydrogen) atoms. The van der Waals surface area contributed by atoms with Crippen LogP contribution < -0.4 is 5.56 Å². The maximum absolute atomic E-state index is 12.2. The van der Waals surface area contributed by atoms with Crippen molar-refractivity contribution >= 4 is 0 Å². The van der Waals surface area contributed by atoms with E-state index in [1.165, 1.54) is 6.07 Å². The summed E-state index contributed by atoms with van der Waals surface area (Å²) in [5.41, 5.74) is 4.34. The lowest BCUT2D eigenvalue weighted by atomic mass is 10.1. The van der Waals surface area contributed by atoms with Crippen LogP contribution >= 0.6 is 0 Å². The van der Waals surface area contributed by atoms with Crippen LogP contribution in [0.15, 0.2) is 84.0 Å². The molecule has 4 rings (SSSR count). The van der Waals surface area contributed by atoms with Crippen LogP contribution in [0.3, 0.4) is 0 Å². The Morgan fingerprint density at radius 1 is 0.931 bits per heavy atom. The monoisotopic (exact) mass is 383 g/mol. The summed E-state index contributed by atoms with van der Waals surface area (Å²) in [5, 5.41) is 0. The minimum atomic E-state index is -0.168. The van der Waals surface area contributed by atoms with Crippen LogP contribution in [0.25, 0.3) is 22.6 Å². The molecule has 1 N–H and O–H groups in total. The molecule has 0 fully saturated rings. The van der Waals surface area contributed by atoms with Crippen LogP contribution in [0.2, 0.25) is 0 Å². The molecule has 2 heterocycles. The average Bonchev–Trinajstić information content (AvgIpc) is 2.75. The molecule has 0 aliphatic carbocycles. The lowest BCUT2D eigenvalue weighted by Gasteiger charge is -2.16. The third kappa shape index (κ3) is 4.80. The van der Waals surface area contributed by atoms with Crippen LogP contribution in [0, 0.1) is 0 Å². The molecule has 2 aromatic carbocycles. The number of nitrogens with one attached hydrogen (secondary N) is 1. The Kier molecular flexibility index (Phi) is 5.54. The maximum Gasteiger partial charge on any atom is 0.251 e. The van der Waals surface area contributed by atoms with Gasteiger partial charge in [0.25, 0.3) is 5.56 Å². The van der Waals surface area contributed by atoms with Gasteiger partial charge < -0.3 is 4.98 Å². The van der Waals surface area contributed by atoms with Crippen LogP contribution in [-0.4, -0.2) is 31.9 Å². The van der Waals surface area contributed by atoms with Crippen LogP contribution in [0.4, 0.5) is 0 Å². The van der Waals surface area contributed by atoms with Crippen LogP contribution in [0.5, 0.6) is 0 Å². The summed E-state index contributed by atoms with van der Waals surface area (Å²) in [6.45, 7) is 1.45. The molecule has 0 aliphatic heterocycles. The number of nitrogens with zero attached hydrogens (tertiary/aromatic N) is 4. The Hall–Kier alpha value is -3.64. The number of rotatable bonds is 6. The summed E-state index contributed by atoms with van der Waals surface area (Å²) >= 11 is 0. The number of aromatic amines is 1. The molecule has 0 spiro atoms. The van der Waals surface area contributed by atoms with Crippen molar-refractivity contribution < 1.29 is 0 Å². The lowest BCUT2D eigenvalue weighted by Crippen LogP contribution is -2.18. The molecule has 0 saturated heterocycles. The van der Waals surface area contributed by atoms with E-state index < -0.39 is 0 Å². The van der Waals surface area contributed by atoms with Crippen molar-refractivity contribution in [2.75, 3.05) is 7.05 Å². The van der Waals surface area contributed by atoms with Gasteiger partial charge in [-0.2, -0.15) is 0 Å². The van der Waals surface area contributed by atoms with Gasteiger partial charge in [-0.25, -0.2) is 4.98 Å². The molecule has 0 bridgehead atoms. The highest BCUT2D eigenvalue weighted by Gasteiger charge is 2.08. The fourth-order valence-corrected chi connectivity index (χ4v) is 3.22. The molecule has 2 aromatic heterocycles. The minimum Gasteiger partial charge on any atom is -0.306 e. The second-order valence-electron chi connectivity index (χ2n) is 6.91. The fraction of sp³-hybridized carbons (Fsp3) is 0.130. The van der Waals surface area contributed by atoms with Gasteiger partial charge in [-0.05, 0) is 18.7 Å². The van der Waals surface area contributed by atoms with Crippen molar-refractivity contribution in [3.63, 3.8) is 0 Å². The number of hydrogen-bond acceptors (Lipinski definition) is 5. The normalized spacial score (nSPS) is 11.0. The zero-order valence-electron chi connectivity index (χ0n) is 16.1. The first-order chi connectivity index (χ1) is 14.2. The molecule has 4 aromatic rings. The highest BCUT2D eigenvalue weighted by Crippen LogP contribution is 2.21. The topological polar surface area (TPSA) is 74.8 Å². The van der Waals surface area contributed by atoms with Crippen molar-refractivity contribution in [2.45, 2.75) is 13.1 Å². The Morgan fingerprint density at radius 2 is 1.76 bits per heavy atom. The Labute approximate surface area is 168 Å². The first-order valence-corrected chi connectivity index (χ1v) is 9.37. The first kappa shape index (κ1) is 18.7. The van der Waals surface area contributed by atoms with Gasteiger partial charge in [0.1, 0.15) is 5.82 Å². The molecule has 0 amide bonds. The van der Waals surface area contributed by atoms with Gasteiger partial charge in [0.05, 0.1) is 11.4 Å². The Bertz CT molecular complexity index is 1140. The van der Waals surface area contributed by atoms with Crippen LogP contribution in [0.1, 0.15) is 11.3 Å². The van der Waals surface area contributed by atoms with Gasteiger partial charge >= 0.3 is 0 Å². The summed E-state index contributed by atoms with van der Waals surface area (Å²) in [6, 6.07) is 19.3. The second-order valence-corrected chi connectivity index (χ2v) is 6.91. The second kappa shape index (κ2) is 8.58. The largest absolute Gasteiger partial charge is 0.306 e. The van der Waals surface area contributed by atoms with Gasteiger partial charge in [-0.15, -0.1) is 0 Å². The van der Waals surface area contributed by atoms with E-state index in [-0.39, 0.29) is 5.56 Å². The summed E-state index contributed by atoms with van der Waals surface area (Å²) in [6.07, 6.45) is 5.15. The molecular formula is C23H21N5O. The van der Waals surface area contributed by atoms with E-state index in [9.17, 15) is 4.79 Å². The molecule has 0 unspecified atom stereocenters. The highest BCUT2D eigenvalue weighted by molar-refractivity contribution is 5.63. The number of H-pyrrole nitrogens is 1. The smallest absolute Gasteiger partial charge is 0.251 e. The molecular weight excluding hydrogens is 362 g/mol. The molecule has 6 nitrogen and oxygen atoms in total. The summed E-state index contributed by atoms with van der Waals surface area (Å²) in [5.74, 6) is 0.565. The predicted molar refractivity (Wildman–Crippen MR) is 113 cm³/mol. The Morgan fingerprint density at radius 3 is 2.55 bits per heavy atom. The first-order valence-electron chi connectivity index (χ1n) is 9.37. The SMILES string of the molecule is CN(Cc1cccc(-c2nc(-c3ccccc3)cc(=O)[nH]2)c1)Cc1cnccn1. The van der Waals surface area contributed by atoms with Crippen molar-refractivity contribution in [3.8, 4) is 22.6 Å².